The van der Waals surface area contributed by atoms with E-state index in [0.29, 0.717) is 0 Å². The summed E-state index contributed by atoms with van der Waals surface area (Å²) in [5.41, 5.74) is 0.953. The normalized spacial score (nSPS) is 13.0. The minimum Gasteiger partial charge on any atom is -0.347 e. The van der Waals surface area contributed by atoms with Gasteiger partial charge < -0.3 is 4.74 Å². The Kier molecular flexibility index (Phi) is 5.52. The predicted octanol–water partition coefficient (Wildman–Crippen LogP) is 3.72. The van der Waals surface area contributed by atoms with Crippen LogP contribution in [0.2, 0.25) is 0 Å². The molecular formula is C15H15BrO4S. The molecule has 1 atom stereocenters. The van der Waals surface area contributed by atoms with Crippen LogP contribution < -0.4 is 0 Å². The van der Waals surface area contributed by atoms with E-state index in [1.165, 1.54) is 12.1 Å². The third kappa shape index (κ3) is 4.93. The van der Waals surface area contributed by atoms with Crippen molar-refractivity contribution < 1.29 is 17.3 Å². The van der Waals surface area contributed by atoms with E-state index in [0.717, 1.165) is 10.0 Å². The predicted molar refractivity (Wildman–Crippen MR) is 83.1 cm³/mol. The first-order valence-electron chi connectivity index (χ1n) is 6.32. The van der Waals surface area contributed by atoms with Crippen molar-refractivity contribution in [3.63, 3.8) is 0 Å². The van der Waals surface area contributed by atoms with Gasteiger partial charge in [-0.15, -0.1) is 0 Å². The maximum atomic E-state index is 12.0. The van der Waals surface area contributed by atoms with Crippen molar-refractivity contribution >= 4 is 26.0 Å². The zero-order chi connectivity index (χ0) is 15.3. The number of benzene rings is 2. The number of ether oxygens (including phenoxy) is 1. The Balaban J connectivity index is 1.95. The molecule has 0 aliphatic rings. The van der Waals surface area contributed by atoms with Crippen molar-refractivity contribution in [1.82, 2.24) is 0 Å². The second-order valence-corrected chi connectivity index (χ2v) is 6.86. The van der Waals surface area contributed by atoms with Gasteiger partial charge in [0.2, 0.25) is 0 Å². The Morgan fingerprint density at radius 3 is 2.29 bits per heavy atom. The van der Waals surface area contributed by atoms with E-state index in [9.17, 15) is 8.42 Å². The van der Waals surface area contributed by atoms with E-state index in [1.807, 2.05) is 30.3 Å². The molecule has 0 aliphatic heterocycles. The summed E-state index contributed by atoms with van der Waals surface area (Å²) in [6.07, 6.45) is -0.862. The average molecular weight is 371 g/mol. The topological polar surface area (TPSA) is 52.6 Å². The average Bonchev–Trinajstić information content (AvgIpc) is 2.46. The highest BCUT2D eigenvalue weighted by atomic mass is 79.9. The van der Waals surface area contributed by atoms with Gasteiger partial charge in [-0.1, -0.05) is 46.3 Å². The van der Waals surface area contributed by atoms with Gasteiger partial charge in [0, 0.05) is 4.47 Å². The minimum atomic E-state index is -3.83. The summed E-state index contributed by atoms with van der Waals surface area (Å²) in [6, 6.07) is 15.7. The fraction of sp³-hybridized carbons (Fsp3) is 0.200. The lowest BCUT2D eigenvalue weighted by Gasteiger charge is -2.14. The van der Waals surface area contributed by atoms with Crippen LogP contribution >= 0.6 is 15.9 Å². The molecule has 21 heavy (non-hydrogen) atoms. The fourth-order valence-electron chi connectivity index (χ4n) is 1.65. The van der Waals surface area contributed by atoms with Gasteiger partial charge in [0.05, 0.1) is 11.5 Å². The van der Waals surface area contributed by atoms with Crippen LogP contribution in [0.15, 0.2) is 64.0 Å². The van der Waals surface area contributed by atoms with Crippen LogP contribution in [0.5, 0.6) is 0 Å². The van der Waals surface area contributed by atoms with Crippen LogP contribution in [-0.4, -0.2) is 14.7 Å². The molecule has 0 amide bonds. The fourth-order valence-corrected chi connectivity index (χ4v) is 2.91. The van der Waals surface area contributed by atoms with Crippen molar-refractivity contribution in [3.8, 4) is 0 Å². The van der Waals surface area contributed by atoms with Crippen molar-refractivity contribution in [1.29, 1.82) is 0 Å². The monoisotopic (exact) mass is 370 g/mol. The van der Waals surface area contributed by atoms with Crippen LogP contribution in [-0.2, 0) is 25.6 Å². The number of hydrogen-bond donors (Lipinski definition) is 0. The van der Waals surface area contributed by atoms with E-state index in [4.69, 9.17) is 8.92 Å². The Hall–Kier alpha value is -1.21. The van der Waals surface area contributed by atoms with Crippen molar-refractivity contribution in [2.24, 2.45) is 0 Å². The molecule has 0 aromatic heterocycles. The zero-order valence-electron chi connectivity index (χ0n) is 11.4. The summed E-state index contributed by atoms with van der Waals surface area (Å²) in [7, 11) is -3.83. The SMILES string of the molecule is CC(OCc1ccccc1)OS(=O)(=O)c1ccc(Br)cc1. The molecule has 0 N–H and O–H groups in total. The molecular weight excluding hydrogens is 356 g/mol. The molecule has 112 valence electrons. The second-order valence-electron chi connectivity index (χ2n) is 4.37. The van der Waals surface area contributed by atoms with Gasteiger partial charge in [-0.2, -0.15) is 8.42 Å². The van der Waals surface area contributed by atoms with E-state index < -0.39 is 16.4 Å². The first kappa shape index (κ1) is 16.2. The smallest absolute Gasteiger partial charge is 0.299 e. The molecule has 0 bridgehead atoms. The molecule has 2 aromatic carbocycles. The lowest BCUT2D eigenvalue weighted by atomic mass is 10.2. The van der Waals surface area contributed by atoms with Gasteiger partial charge in [0.25, 0.3) is 10.1 Å². The summed E-state index contributed by atoms with van der Waals surface area (Å²) in [5.74, 6) is 0. The standard InChI is InChI=1S/C15H15BrO4S/c1-12(19-11-13-5-3-2-4-6-13)20-21(17,18)15-9-7-14(16)8-10-15/h2-10,12H,11H2,1H3. The highest BCUT2D eigenvalue weighted by Gasteiger charge is 2.19. The van der Waals surface area contributed by atoms with Gasteiger partial charge in [-0.3, -0.25) is 0 Å². The maximum absolute atomic E-state index is 12.0. The molecule has 1 unspecified atom stereocenters. The van der Waals surface area contributed by atoms with Gasteiger partial charge in [-0.05, 0) is 36.8 Å². The third-order valence-corrected chi connectivity index (χ3v) is 4.59. The van der Waals surface area contributed by atoms with E-state index in [1.54, 1.807) is 19.1 Å². The molecule has 0 radical (unpaired) electrons. The van der Waals surface area contributed by atoms with Crippen LogP contribution in [0.1, 0.15) is 12.5 Å². The second kappa shape index (κ2) is 7.17. The summed E-state index contributed by atoms with van der Waals surface area (Å²) in [5, 5.41) is 0. The summed E-state index contributed by atoms with van der Waals surface area (Å²) >= 11 is 3.25. The lowest BCUT2D eigenvalue weighted by molar-refractivity contribution is -0.0720. The quantitative estimate of drug-likeness (QED) is 0.574. The molecule has 0 fully saturated rings. The largest absolute Gasteiger partial charge is 0.347 e. The highest BCUT2D eigenvalue weighted by Crippen LogP contribution is 2.18. The maximum Gasteiger partial charge on any atom is 0.299 e. The Labute approximate surface area is 133 Å². The van der Waals surface area contributed by atoms with Crippen LogP contribution in [0, 0.1) is 0 Å². The van der Waals surface area contributed by atoms with E-state index >= 15 is 0 Å². The van der Waals surface area contributed by atoms with Gasteiger partial charge in [0.15, 0.2) is 6.29 Å². The number of rotatable bonds is 6. The van der Waals surface area contributed by atoms with E-state index in [2.05, 4.69) is 15.9 Å². The van der Waals surface area contributed by atoms with E-state index in [-0.39, 0.29) is 11.5 Å². The van der Waals surface area contributed by atoms with Crippen LogP contribution in [0.25, 0.3) is 0 Å². The van der Waals surface area contributed by atoms with Crippen molar-refractivity contribution in [3.05, 3.63) is 64.6 Å². The van der Waals surface area contributed by atoms with Gasteiger partial charge in [0.1, 0.15) is 0 Å². The number of halogens is 1. The molecule has 0 saturated heterocycles. The number of hydrogen-bond acceptors (Lipinski definition) is 4. The molecule has 2 aromatic rings. The Bertz CT molecular complexity index is 669. The minimum absolute atomic E-state index is 0.0980. The highest BCUT2D eigenvalue weighted by molar-refractivity contribution is 9.10. The van der Waals surface area contributed by atoms with Crippen molar-refractivity contribution in [2.75, 3.05) is 0 Å². The molecule has 0 spiro atoms. The summed E-state index contributed by atoms with van der Waals surface area (Å²) in [4.78, 5) is 0.0980. The summed E-state index contributed by atoms with van der Waals surface area (Å²) < 4.78 is 35.3. The third-order valence-electron chi connectivity index (χ3n) is 2.69. The molecule has 6 heteroatoms. The lowest BCUT2D eigenvalue weighted by Crippen LogP contribution is -2.18. The van der Waals surface area contributed by atoms with Gasteiger partial charge in [-0.25, -0.2) is 4.18 Å². The Morgan fingerprint density at radius 1 is 1.05 bits per heavy atom. The summed E-state index contributed by atoms with van der Waals surface area (Å²) in [6.45, 7) is 1.84. The first-order valence-corrected chi connectivity index (χ1v) is 8.52. The molecule has 2 rings (SSSR count). The Morgan fingerprint density at radius 2 is 1.67 bits per heavy atom. The zero-order valence-corrected chi connectivity index (χ0v) is 13.8. The van der Waals surface area contributed by atoms with Gasteiger partial charge >= 0.3 is 0 Å². The molecule has 0 saturated carbocycles. The van der Waals surface area contributed by atoms with Crippen molar-refractivity contribution in [2.45, 2.75) is 24.7 Å². The molecule has 0 heterocycles. The van der Waals surface area contributed by atoms with Crippen LogP contribution in [0.3, 0.4) is 0 Å². The first-order chi connectivity index (χ1) is 9.97. The molecule has 4 nitrogen and oxygen atoms in total. The van der Waals surface area contributed by atoms with Crippen LogP contribution in [0.4, 0.5) is 0 Å². The molecule has 0 aliphatic carbocycles.